The number of benzene rings is 8. The lowest BCUT2D eigenvalue weighted by atomic mass is 9.90. The number of alkyl halides is 3. The van der Waals surface area contributed by atoms with Crippen LogP contribution in [0, 0.1) is 13.8 Å². The number of fused-ring (bicyclic) bond motifs is 3. The van der Waals surface area contributed by atoms with E-state index in [1.54, 1.807) is 6.07 Å². The van der Waals surface area contributed by atoms with Crippen molar-refractivity contribution in [2.75, 3.05) is 0 Å². The van der Waals surface area contributed by atoms with E-state index in [2.05, 4.69) is 97.3 Å². The second-order valence-electron chi connectivity index (χ2n) is 15.5. The van der Waals surface area contributed by atoms with Gasteiger partial charge in [0, 0.05) is 38.6 Å². The molecule has 3 nitrogen and oxygen atoms in total. The Balaban J connectivity index is 1.33. The highest BCUT2D eigenvalue weighted by molar-refractivity contribution is 6.12. The second-order valence-corrected chi connectivity index (χ2v) is 15.5. The zero-order valence-electron chi connectivity index (χ0n) is 33.5. The third kappa shape index (κ3) is 7.16. The molecule has 6 heteroatoms. The largest absolute Gasteiger partial charge is 0.416 e. The van der Waals surface area contributed by atoms with Crippen LogP contribution in [0.2, 0.25) is 0 Å². The smallest absolute Gasteiger partial charge is 0.308 e. The van der Waals surface area contributed by atoms with E-state index in [0.717, 1.165) is 83.8 Å². The minimum Gasteiger partial charge on any atom is -0.308 e. The second kappa shape index (κ2) is 15.2. The molecule has 294 valence electrons. The Hall–Kier alpha value is -7.57. The van der Waals surface area contributed by atoms with Crippen LogP contribution in [-0.4, -0.2) is 14.5 Å². The summed E-state index contributed by atoms with van der Waals surface area (Å²) in [5.74, 6) is 0.547. The van der Waals surface area contributed by atoms with Crippen molar-refractivity contribution in [1.29, 1.82) is 0 Å². The van der Waals surface area contributed by atoms with Gasteiger partial charge in [0.2, 0.25) is 0 Å². The number of aromatic nitrogens is 3. The third-order valence-electron chi connectivity index (χ3n) is 11.3. The highest BCUT2D eigenvalue weighted by Crippen LogP contribution is 2.45. The molecule has 0 N–H and O–H groups in total. The van der Waals surface area contributed by atoms with E-state index in [1.807, 2.05) is 91.0 Å². The maximum Gasteiger partial charge on any atom is 0.416 e. The number of rotatable bonds is 7. The average molecular weight is 798 g/mol. The third-order valence-corrected chi connectivity index (χ3v) is 11.3. The maximum absolute atomic E-state index is 14.6. The molecule has 0 amide bonds. The highest BCUT2D eigenvalue weighted by atomic mass is 19.4. The van der Waals surface area contributed by atoms with Gasteiger partial charge in [-0.25, -0.2) is 9.97 Å². The van der Waals surface area contributed by atoms with E-state index < -0.39 is 11.7 Å². The van der Waals surface area contributed by atoms with Crippen molar-refractivity contribution < 1.29 is 13.2 Å². The average Bonchev–Trinajstić information content (AvgIpc) is 3.62. The molecule has 0 aliphatic rings. The van der Waals surface area contributed by atoms with Gasteiger partial charge in [0.15, 0.2) is 5.82 Å². The van der Waals surface area contributed by atoms with Gasteiger partial charge in [0.1, 0.15) is 0 Å². The molecule has 0 saturated carbocycles. The van der Waals surface area contributed by atoms with E-state index >= 15 is 0 Å². The molecule has 0 bridgehead atoms. The molecular weight excluding hydrogens is 760 g/mol. The lowest BCUT2D eigenvalue weighted by Crippen LogP contribution is -2.06. The van der Waals surface area contributed by atoms with E-state index in [4.69, 9.17) is 9.97 Å². The monoisotopic (exact) mass is 797 g/mol. The summed E-state index contributed by atoms with van der Waals surface area (Å²) in [6.07, 6.45) is -4.55. The fourth-order valence-electron chi connectivity index (χ4n) is 8.43. The number of para-hydroxylation sites is 1. The molecule has 0 aliphatic carbocycles. The number of nitrogens with zero attached hydrogens (tertiary/aromatic N) is 3. The highest BCUT2D eigenvalue weighted by Gasteiger charge is 2.31. The van der Waals surface area contributed by atoms with Gasteiger partial charge in [-0.2, -0.15) is 13.2 Å². The van der Waals surface area contributed by atoms with Gasteiger partial charge in [-0.05, 0) is 84.6 Å². The molecular formula is C55H38F3N3. The Bertz CT molecular complexity index is 3200. The van der Waals surface area contributed by atoms with E-state index in [-0.39, 0.29) is 0 Å². The van der Waals surface area contributed by atoms with Crippen molar-refractivity contribution in [3.05, 3.63) is 211 Å². The molecule has 0 unspecified atom stereocenters. The molecule has 0 spiro atoms. The summed E-state index contributed by atoms with van der Waals surface area (Å²) in [6.45, 7) is 4.14. The maximum atomic E-state index is 14.6. The van der Waals surface area contributed by atoms with Gasteiger partial charge < -0.3 is 4.57 Å². The molecule has 0 fully saturated rings. The Morgan fingerprint density at radius 2 is 0.918 bits per heavy atom. The summed E-state index contributed by atoms with van der Waals surface area (Å²) in [5, 5.41) is 2.08. The molecule has 2 heterocycles. The van der Waals surface area contributed by atoms with Gasteiger partial charge in [-0.3, -0.25) is 0 Å². The molecule has 0 atom stereocenters. The lowest BCUT2D eigenvalue weighted by molar-refractivity contribution is -0.137. The topological polar surface area (TPSA) is 30.7 Å². The van der Waals surface area contributed by atoms with Crippen LogP contribution in [0.1, 0.15) is 16.7 Å². The summed E-state index contributed by atoms with van der Waals surface area (Å²) >= 11 is 0. The first-order chi connectivity index (χ1) is 29.7. The molecule has 0 aliphatic heterocycles. The Labute approximate surface area is 352 Å². The summed E-state index contributed by atoms with van der Waals surface area (Å²) in [7, 11) is 0. The summed E-state index contributed by atoms with van der Waals surface area (Å²) in [4.78, 5) is 10.2. The van der Waals surface area contributed by atoms with Crippen LogP contribution in [0.5, 0.6) is 0 Å². The minimum atomic E-state index is -4.55. The van der Waals surface area contributed by atoms with Gasteiger partial charge in [0.25, 0.3) is 0 Å². The number of halogens is 3. The van der Waals surface area contributed by atoms with Crippen molar-refractivity contribution in [3.8, 4) is 73.0 Å². The van der Waals surface area contributed by atoms with Crippen molar-refractivity contribution in [1.82, 2.24) is 14.5 Å². The number of hydrogen-bond acceptors (Lipinski definition) is 2. The van der Waals surface area contributed by atoms with Crippen LogP contribution in [0.15, 0.2) is 194 Å². The van der Waals surface area contributed by atoms with Crippen LogP contribution >= 0.6 is 0 Å². The molecule has 8 aromatic carbocycles. The summed E-state index contributed by atoms with van der Waals surface area (Å²) < 4.78 is 46.0. The van der Waals surface area contributed by atoms with Crippen LogP contribution in [0.3, 0.4) is 0 Å². The Kier molecular flexibility index (Phi) is 9.41. The molecule has 10 aromatic rings. The summed E-state index contributed by atoms with van der Waals surface area (Å²) in [5.41, 5.74) is 13.1. The fraction of sp³-hybridized carbons (Fsp3) is 0.0545. The predicted molar refractivity (Wildman–Crippen MR) is 243 cm³/mol. The van der Waals surface area contributed by atoms with Crippen LogP contribution in [0.4, 0.5) is 13.2 Å². The zero-order chi connectivity index (χ0) is 41.7. The predicted octanol–water partition coefficient (Wildman–Crippen LogP) is 15.2. The quantitative estimate of drug-likeness (QED) is 0.161. The van der Waals surface area contributed by atoms with Crippen molar-refractivity contribution in [2.45, 2.75) is 20.0 Å². The SMILES string of the molecule is Cc1cccc(-c2ccc3c(c2)c2ccccc2n3-c2c(-c3cccc(C)c3)cc(-c3cc(-c4ccccc4)nc(-c4ccccc4)n3)cc2-c2cccc(C(F)(F)F)c2)c1. The Morgan fingerprint density at radius 3 is 1.59 bits per heavy atom. The van der Waals surface area contributed by atoms with Gasteiger partial charge in [0.05, 0.1) is 33.7 Å². The minimum absolute atomic E-state index is 0.434. The molecule has 0 radical (unpaired) electrons. The van der Waals surface area contributed by atoms with Gasteiger partial charge in [-0.1, -0.05) is 157 Å². The first-order valence-corrected chi connectivity index (χ1v) is 20.2. The summed E-state index contributed by atoms with van der Waals surface area (Å²) in [6, 6.07) is 63.0. The number of aryl methyl sites for hydroxylation is 2. The first kappa shape index (κ1) is 37.7. The Morgan fingerprint density at radius 1 is 0.393 bits per heavy atom. The van der Waals surface area contributed by atoms with Crippen molar-refractivity contribution >= 4 is 21.8 Å². The van der Waals surface area contributed by atoms with Gasteiger partial charge in [-0.15, -0.1) is 0 Å². The molecule has 61 heavy (non-hydrogen) atoms. The number of hydrogen-bond donors (Lipinski definition) is 0. The van der Waals surface area contributed by atoms with E-state index in [1.165, 1.54) is 17.7 Å². The van der Waals surface area contributed by atoms with Crippen LogP contribution < -0.4 is 0 Å². The van der Waals surface area contributed by atoms with Crippen molar-refractivity contribution in [3.63, 3.8) is 0 Å². The van der Waals surface area contributed by atoms with Crippen molar-refractivity contribution in [2.24, 2.45) is 0 Å². The van der Waals surface area contributed by atoms with Gasteiger partial charge >= 0.3 is 6.18 Å². The normalized spacial score (nSPS) is 11.7. The molecule has 10 rings (SSSR count). The van der Waals surface area contributed by atoms with E-state index in [0.29, 0.717) is 22.6 Å². The van der Waals surface area contributed by atoms with E-state index in [9.17, 15) is 13.2 Å². The van der Waals surface area contributed by atoms with Crippen LogP contribution in [-0.2, 0) is 6.18 Å². The molecule has 0 saturated heterocycles. The fourth-order valence-corrected chi connectivity index (χ4v) is 8.43. The zero-order valence-corrected chi connectivity index (χ0v) is 33.5. The standard InChI is InChI=1S/C55H38F3N3/c1-35-14-11-20-39(28-35)40-26-27-52-48(31-40)45-24-9-10-25-51(45)61(52)53-46(41-21-12-15-36(2)29-41)32-43(33-47(53)42-22-13-23-44(30-42)55(56,57)58)50-34-49(37-16-5-3-6-17-37)59-54(60-50)38-18-7-4-8-19-38/h3-34H,1-2H3. The van der Waals surface area contributed by atoms with Crippen LogP contribution in [0.25, 0.3) is 94.8 Å². The lowest BCUT2D eigenvalue weighted by Gasteiger charge is -2.22. The molecule has 2 aromatic heterocycles. The first-order valence-electron chi connectivity index (χ1n) is 20.2.